The molecule has 0 N–H and O–H groups in total. The van der Waals surface area contributed by atoms with Crippen molar-refractivity contribution in [3.63, 3.8) is 0 Å². The molecule has 0 saturated heterocycles. The molecule has 3 aromatic carbocycles. The predicted octanol–water partition coefficient (Wildman–Crippen LogP) is 6.69. The summed E-state index contributed by atoms with van der Waals surface area (Å²) in [6.07, 6.45) is 3.83. The third-order valence-electron chi connectivity index (χ3n) is 4.64. The number of nitrogens with zero attached hydrogens (tertiary/aromatic N) is 1. The Morgan fingerprint density at radius 2 is 1.62 bits per heavy atom. The summed E-state index contributed by atoms with van der Waals surface area (Å²) >= 11 is 7.09. The number of carbonyl (C=O) groups excluding carboxylic acids is 1. The van der Waals surface area contributed by atoms with E-state index in [1.807, 2.05) is 84.9 Å². The normalized spacial score (nSPS) is 15.0. The molecule has 1 aliphatic rings. The van der Waals surface area contributed by atoms with Crippen molar-refractivity contribution >= 4 is 55.2 Å². The van der Waals surface area contributed by atoms with Gasteiger partial charge in [-0.25, -0.2) is 0 Å². The van der Waals surface area contributed by atoms with Gasteiger partial charge in [-0.2, -0.15) is 0 Å². The SMILES string of the molecule is COc1ccc(/C=C2/C=C(c3ccccc3)N(c3ccccc3Br)C2=O)cc1Br. The highest BCUT2D eigenvalue weighted by Crippen LogP contribution is 2.38. The van der Waals surface area contributed by atoms with E-state index in [-0.39, 0.29) is 5.91 Å². The topological polar surface area (TPSA) is 29.5 Å². The van der Waals surface area contributed by atoms with E-state index < -0.39 is 0 Å². The highest BCUT2D eigenvalue weighted by atomic mass is 79.9. The van der Waals surface area contributed by atoms with Crippen LogP contribution in [0.4, 0.5) is 5.69 Å². The van der Waals surface area contributed by atoms with Gasteiger partial charge in [-0.3, -0.25) is 9.69 Å². The second-order valence-corrected chi connectivity index (χ2v) is 8.19. The summed E-state index contributed by atoms with van der Waals surface area (Å²) in [5.74, 6) is 0.683. The number of halogens is 2. The van der Waals surface area contributed by atoms with Crippen LogP contribution in [0.25, 0.3) is 11.8 Å². The number of carbonyl (C=O) groups is 1. The summed E-state index contributed by atoms with van der Waals surface area (Å²) in [5, 5.41) is 0. The average molecular weight is 511 g/mol. The molecule has 0 aromatic heterocycles. The number of para-hydroxylation sites is 1. The van der Waals surface area contributed by atoms with Crippen molar-refractivity contribution < 1.29 is 9.53 Å². The molecule has 29 heavy (non-hydrogen) atoms. The zero-order chi connectivity index (χ0) is 20.4. The minimum Gasteiger partial charge on any atom is -0.496 e. The fourth-order valence-electron chi connectivity index (χ4n) is 3.26. The maximum atomic E-state index is 13.4. The molecule has 0 spiro atoms. The number of amides is 1. The van der Waals surface area contributed by atoms with Gasteiger partial charge in [0.1, 0.15) is 5.75 Å². The first-order chi connectivity index (χ1) is 14.1. The van der Waals surface area contributed by atoms with Crippen molar-refractivity contribution in [3.8, 4) is 5.75 Å². The third-order valence-corrected chi connectivity index (χ3v) is 5.93. The summed E-state index contributed by atoms with van der Waals surface area (Å²) in [7, 11) is 1.63. The van der Waals surface area contributed by atoms with Crippen LogP contribution in [-0.4, -0.2) is 13.0 Å². The molecule has 144 valence electrons. The quantitative estimate of drug-likeness (QED) is 0.366. The Labute approximate surface area is 186 Å². The number of hydrogen-bond donors (Lipinski definition) is 0. The molecule has 0 aliphatic carbocycles. The monoisotopic (exact) mass is 509 g/mol. The van der Waals surface area contributed by atoms with Crippen LogP contribution in [-0.2, 0) is 4.79 Å². The van der Waals surface area contributed by atoms with Gasteiger partial charge in [-0.05, 0) is 79.4 Å². The largest absolute Gasteiger partial charge is 0.496 e. The molecule has 4 rings (SSSR count). The van der Waals surface area contributed by atoms with E-state index in [2.05, 4.69) is 31.9 Å². The smallest absolute Gasteiger partial charge is 0.262 e. The molecule has 0 fully saturated rings. The molecular weight excluding hydrogens is 494 g/mol. The number of rotatable bonds is 4. The highest BCUT2D eigenvalue weighted by Gasteiger charge is 2.31. The van der Waals surface area contributed by atoms with Gasteiger partial charge in [0.05, 0.1) is 23.0 Å². The summed E-state index contributed by atoms with van der Waals surface area (Å²) in [4.78, 5) is 15.2. The van der Waals surface area contributed by atoms with Crippen LogP contribution in [0.3, 0.4) is 0 Å². The number of anilines is 1. The lowest BCUT2D eigenvalue weighted by Gasteiger charge is -2.22. The first-order valence-electron chi connectivity index (χ1n) is 9.00. The fourth-order valence-corrected chi connectivity index (χ4v) is 4.28. The minimum atomic E-state index is -0.0670. The lowest BCUT2D eigenvalue weighted by Crippen LogP contribution is -2.25. The van der Waals surface area contributed by atoms with Crippen LogP contribution >= 0.6 is 31.9 Å². The van der Waals surface area contributed by atoms with Gasteiger partial charge in [0, 0.05) is 10.0 Å². The molecule has 3 aromatic rings. The Morgan fingerprint density at radius 3 is 2.31 bits per heavy atom. The lowest BCUT2D eigenvalue weighted by molar-refractivity contribution is -0.113. The van der Waals surface area contributed by atoms with E-state index in [0.29, 0.717) is 5.57 Å². The molecule has 0 atom stereocenters. The van der Waals surface area contributed by atoms with Crippen LogP contribution in [0, 0.1) is 0 Å². The lowest BCUT2D eigenvalue weighted by atomic mass is 10.1. The molecule has 3 nitrogen and oxygen atoms in total. The number of methoxy groups -OCH3 is 1. The maximum absolute atomic E-state index is 13.4. The van der Waals surface area contributed by atoms with Crippen molar-refractivity contribution in [1.82, 2.24) is 0 Å². The molecular formula is C24H17Br2NO2. The van der Waals surface area contributed by atoms with Gasteiger partial charge in [0.15, 0.2) is 0 Å². The Balaban J connectivity index is 1.82. The molecule has 0 unspecified atom stereocenters. The standard InChI is InChI=1S/C24H17Br2NO2/c1-29-23-12-11-16(14-20(23)26)13-18-15-22(17-7-3-2-4-8-17)27(24(18)28)21-10-6-5-9-19(21)25/h2-15H,1H3/b18-13-. The van der Waals surface area contributed by atoms with Gasteiger partial charge in [0.25, 0.3) is 5.91 Å². The minimum absolute atomic E-state index is 0.0670. The number of ether oxygens (including phenoxy) is 1. The van der Waals surface area contributed by atoms with Crippen molar-refractivity contribution in [2.45, 2.75) is 0 Å². The Hall–Kier alpha value is -2.63. The maximum Gasteiger partial charge on any atom is 0.262 e. The van der Waals surface area contributed by atoms with E-state index in [9.17, 15) is 4.79 Å². The molecule has 5 heteroatoms. The van der Waals surface area contributed by atoms with E-state index in [1.165, 1.54) is 0 Å². The first-order valence-corrected chi connectivity index (χ1v) is 10.6. The zero-order valence-corrected chi connectivity index (χ0v) is 18.8. The van der Waals surface area contributed by atoms with E-state index in [0.717, 1.165) is 37.2 Å². The molecule has 0 radical (unpaired) electrons. The van der Waals surface area contributed by atoms with Gasteiger partial charge in [-0.1, -0.05) is 48.5 Å². The van der Waals surface area contributed by atoms with Crippen LogP contribution in [0.2, 0.25) is 0 Å². The molecule has 1 heterocycles. The van der Waals surface area contributed by atoms with Crippen LogP contribution in [0.5, 0.6) is 5.75 Å². The zero-order valence-electron chi connectivity index (χ0n) is 15.6. The fraction of sp³-hybridized carbons (Fsp3) is 0.0417. The van der Waals surface area contributed by atoms with Crippen molar-refractivity contribution in [2.75, 3.05) is 12.0 Å². The Kier molecular flexibility index (Phi) is 5.69. The Bertz CT molecular complexity index is 1140. The van der Waals surface area contributed by atoms with E-state index in [1.54, 1.807) is 12.0 Å². The summed E-state index contributed by atoms with van der Waals surface area (Å²) in [5.41, 5.74) is 4.18. The van der Waals surface area contributed by atoms with Crippen LogP contribution in [0.15, 0.2) is 93.4 Å². The van der Waals surface area contributed by atoms with Gasteiger partial charge < -0.3 is 4.74 Å². The summed E-state index contributed by atoms with van der Waals surface area (Å²) in [6, 6.07) is 23.4. The van der Waals surface area contributed by atoms with Crippen molar-refractivity contribution in [3.05, 3.63) is 105 Å². The second-order valence-electron chi connectivity index (χ2n) is 6.48. The van der Waals surface area contributed by atoms with Crippen molar-refractivity contribution in [2.24, 2.45) is 0 Å². The third kappa shape index (κ3) is 3.93. The summed E-state index contributed by atoms with van der Waals surface area (Å²) in [6.45, 7) is 0. The second kappa shape index (κ2) is 8.39. The molecule has 0 bridgehead atoms. The van der Waals surface area contributed by atoms with Crippen LogP contribution in [0.1, 0.15) is 11.1 Å². The molecule has 1 aliphatic heterocycles. The average Bonchev–Trinajstić information content (AvgIpc) is 3.05. The molecule has 1 amide bonds. The van der Waals surface area contributed by atoms with Gasteiger partial charge in [-0.15, -0.1) is 0 Å². The predicted molar refractivity (Wildman–Crippen MR) is 125 cm³/mol. The van der Waals surface area contributed by atoms with Crippen LogP contribution < -0.4 is 9.64 Å². The van der Waals surface area contributed by atoms with Gasteiger partial charge in [0.2, 0.25) is 0 Å². The van der Waals surface area contributed by atoms with Gasteiger partial charge >= 0.3 is 0 Å². The molecule has 0 saturated carbocycles. The number of benzene rings is 3. The van der Waals surface area contributed by atoms with Crippen molar-refractivity contribution in [1.29, 1.82) is 0 Å². The Morgan fingerprint density at radius 1 is 0.897 bits per heavy atom. The highest BCUT2D eigenvalue weighted by molar-refractivity contribution is 9.11. The first kappa shape index (κ1) is 19.7. The van der Waals surface area contributed by atoms with E-state index in [4.69, 9.17) is 4.74 Å². The summed E-state index contributed by atoms with van der Waals surface area (Å²) < 4.78 is 7.00. The van der Waals surface area contributed by atoms with E-state index >= 15 is 0 Å². The number of hydrogen-bond acceptors (Lipinski definition) is 2.